The number of aryl methyl sites for hydroxylation is 2. The summed E-state index contributed by atoms with van der Waals surface area (Å²) in [5.41, 5.74) is 3.53. The molecule has 2 aromatic carbocycles. The lowest BCUT2D eigenvalue weighted by atomic mass is 10.0. The second-order valence-corrected chi connectivity index (χ2v) is 7.17. The minimum Gasteiger partial charge on any atom is -0.492 e. The van der Waals surface area contributed by atoms with E-state index in [-0.39, 0.29) is 38.1 Å². The van der Waals surface area contributed by atoms with Crippen LogP contribution in [0.15, 0.2) is 54.2 Å². The first kappa shape index (κ1) is 20.6. The van der Waals surface area contributed by atoms with Gasteiger partial charge in [0.25, 0.3) is 11.8 Å². The van der Waals surface area contributed by atoms with Crippen LogP contribution in [0.4, 0.5) is 0 Å². The number of hydrogen-bond acceptors (Lipinski definition) is 5. The van der Waals surface area contributed by atoms with Crippen molar-refractivity contribution in [3.63, 3.8) is 0 Å². The molecule has 29 heavy (non-hydrogen) atoms. The third-order valence-electron chi connectivity index (χ3n) is 4.80. The molecule has 3 rings (SSSR count). The molecule has 0 bridgehead atoms. The van der Waals surface area contributed by atoms with Gasteiger partial charge >= 0.3 is 0 Å². The summed E-state index contributed by atoms with van der Waals surface area (Å²) in [5, 5.41) is 9.29. The van der Waals surface area contributed by atoms with Crippen LogP contribution in [0.5, 0.6) is 5.75 Å². The molecule has 1 heterocycles. The van der Waals surface area contributed by atoms with Crippen molar-refractivity contribution in [2.75, 3.05) is 33.4 Å². The van der Waals surface area contributed by atoms with Gasteiger partial charge in [-0.3, -0.25) is 14.5 Å². The van der Waals surface area contributed by atoms with Gasteiger partial charge in [0.05, 0.1) is 18.7 Å². The Balaban J connectivity index is 1.79. The molecule has 0 spiro atoms. The number of aliphatic hydroxyl groups is 1. The molecule has 2 aromatic rings. The zero-order chi connectivity index (χ0) is 21.0. The molecule has 0 fully saturated rings. The lowest BCUT2D eigenvalue weighted by molar-refractivity contribution is -0.137. The molecule has 0 aliphatic carbocycles. The number of imide groups is 1. The van der Waals surface area contributed by atoms with Gasteiger partial charge in [-0.1, -0.05) is 36.4 Å². The van der Waals surface area contributed by atoms with Crippen molar-refractivity contribution in [3.8, 4) is 5.75 Å². The maximum atomic E-state index is 13.1. The fourth-order valence-corrected chi connectivity index (χ4v) is 3.52. The largest absolute Gasteiger partial charge is 0.492 e. The molecule has 2 amide bonds. The van der Waals surface area contributed by atoms with Crippen LogP contribution in [0, 0.1) is 13.8 Å². The predicted octanol–water partition coefficient (Wildman–Crippen LogP) is 2.39. The molecule has 0 atom stereocenters. The molecule has 0 aromatic heterocycles. The molecule has 0 saturated carbocycles. The van der Waals surface area contributed by atoms with Gasteiger partial charge in [0, 0.05) is 13.6 Å². The van der Waals surface area contributed by atoms with Gasteiger partial charge in [-0.15, -0.1) is 0 Å². The van der Waals surface area contributed by atoms with Crippen molar-refractivity contribution in [1.82, 2.24) is 9.80 Å². The summed E-state index contributed by atoms with van der Waals surface area (Å²) in [6, 6.07) is 15.0. The zero-order valence-electron chi connectivity index (χ0n) is 17.0. The highest BCUT2D eigenvalue weighted by Crippen LogP contribution is 2.30. The van der Waals surface area contributed by atoms with Crippen molar-refractivity contribution < 1.29 is 19.4 Å². The third kappa shape index (κ3) is 4.49. The number of ether oxygens (including phenoxy) is 1. The molecule has 0 saturated heterocycles. The van der Waals surface area contributed by atoms with Crippen LogP contribution < -0.4 is 4.74 Å². The van der Waals surface area contributed by atoms with Crippen LogP contribution in [-0.4, -0.2) is 60.1 Å². The van der Waals surface area contributed by atoms with Gasteiger partial charge in [0.1, 0.15) is 18.1 Å². The Kier molecular flexibility index (Phi) is 6.34. The number of hydrogen-bond donors (Lipinski definition) is 1. The van der Waals surface area contributed by atoms with Gasteiger partial charge in [-0.2, -0.15) is 0 Å². The number of nitrogens with zero attached hydrogens (tertiary/aromatic N) is 2. The fourth-order valence-electron chi connectivity index (χ4n) is 3.52. The fraction of sp³-hybridized carbons (Fsp3) is 0.304. The van der Waals surface area contributed by atoms with E-state index in [0.717, 1.165) is 16.9 Å². The van der Waals surface area contributed by atoms with Crippen LogP contribution in [-0.2, 0) is 9.59 Å². The van der Waals surface area contributed by atoms with Crippen molar-refractivity contribution >= 4 is 17.4 Å². The first-order chi connectivity index (χ1) is 13.9. The monoisotopic (exact) mass is 394 g/mol. The maximum Gasteiger partial charge on any atom is 0.277 e. The molecule has 1 aliphatic rings. The van der Waals surface area contributed by atoms with E-state index < -0.39 is 0 Å². The SMILES string of the molecule is Cc1cc(C)cc(OCCN2C(=O)C(c3ccccc3)=C(N(C)CCO)C2=O)c1. The highest BCUT2D eigenvalue weighted by atomic mass is 16.5. The summed E-state index contributed by atoms with van der Waals surface area (Å²) < 4.78 is 5.79. The second-order valence-electron chi connectivity index (χ2n) is 7.17. The van der Waals surface area contributed by atoms with E-state index in [1.54, 1.807) is 11.9 Å². The van der Waals surface area contributed by atoms with Crippen molar-refractivity contribution in [2.24, 2.45) is 0 Å². The van der Waals surface area contributed by atoms with E-state index in [1.165, 1.54) is 4.90 Å². The van der Waals surface area contributed by atoms with E-state index in [0.29, 0.717) is 16.8 Å². The molecule has 152 valence electrons. The van der Waals surface area contributed by atoms with Gasteiger partial charge < -0.3 is 14.7 Å². The van der Waals surface area contributed by atoms with E-state index in [4.69, 9.17) is 4.74 Å². The van der Waals surface area contributed by atoms with Crippen LogP contribution in [0.25, 0.3) is 5.57 Å². The predicted molar refractivity (Wildman–Crippen MR) is 111 cm³/mol. The average molecular weight is 394 g/mol. The highest BCUT2D eigenvalue weighted by Gasteiger charge is 2.40. The van der Waals surface area contributed by atoms with E-state index in [2.05, 4.69) is 6.07 Å². The smallest absolute Gasteiger partial charge is 0.277 e. The maximum absolute atomic E-state index is 13.1. The molecule has 6 nitrogen and oxygen atoms in total. The summed E-state index contributed by atoms with van der Waals surface area (Å²) in [4.78, 5) is 29.0. The molecule has 1 aliphatic heterocycles. The number of carbonyl (C=O) groups excluding carboxylic acids is 2. The summed E-state index contributed by atoms with van der Waals surface area (Å²) in [6.45, 7) is 4.49. The summed E-state index contributed by atoms with van der Waals surface area (Å²) in [6.07, 6.45) is 0. The molecule has 0 unspecified atom stereocenters. The number of carbonyl (C=O) groups is 2. The number of aliphatic hydroxyl groups excluding tert-OH is 1. The average Bonchev–Trinajstić information content (AvgIpc) is 2.93. The molecular weight excluding hydrogens is 368 g/mol. The standard InChI is InChI=1S/C23H26N2O4/c1-16-13-17(2)15-19(14-16)29-12-10-25-22(27)20(18-7-5-4-6-8-18)21(23(25)28)24(3)9-11-26/h4-8,13-15,26H,9-12H2,1-3H3. The summed E-state index contributed by atoms with van der Waals surface area (Å²) >= 11 is 0. The Bertz CT molecular complexity index is 917. The lowest BCUT2D eigenvalue weighted by Crippen LogP contribution is -2.37. The Morgan fingerprint density at radius 1 is 1.00 bits per heavy atom. The summed E-state index contributed by atoms with van der Waals surface area (Å²) in [5.74, 6) is 0.00861. The number of likely N-dealkylation sites (N-methyl/N-ethyl adjacent to an activating group) is 1. The number of rotatable bonds is 8. The quantitative estimate of drug-likeness (QED) is 0.696. The van der Waals surface area contributed by atoms with Crippen LogP contribution in [0.2, 0.25) is 0 Å². The normalized spacial score (nSPS) is 14.0. The Morgan fingerprint density at radius 3 is 2.28 bits per heavy atom. The molecular formula is C23H26N2O4. The first-order valence-corrected chi connectivity index (χ1v) is 9.61. The van der Waals surface area contributed by atoms with E-state index >= 15 is 0 Å². The second kappa shape index (κ2) is 8.92. The third-order valence-corrected chi connectivity index (χ3v) is 4.80. The van der Waals surface area contributed by atoms with Crippen LogP contribution in [0.3, 0.4) is 0 Å². The van der Waals surface area contributed by atoms with Crippen molar-refractivity contribution in [1.29, 1.82) is 0 Å². The van der Waals surface area contributed by atoms with Crippen molar-refractivity contribution in [2.45, 2.75) is 13.8 Å². The Morgan fingerprint density at radius 2 is 1.66 bits per heavy atom. The van der Waals surface area contributed by atoms with Crippen LogP contribution >= 0.6 is 0 Å². The van der Waals surface area contributed by atoms with Crippen LogP contribution in [0.1, 0.15) is 16.7 Å². The van der Waals surface area contributed by atoms with Crippen molar-refractivity contribution in [3.05, 3.63) is 70.9 Å². The number of amides is 2. The van der Waals surface area contributed by atoms with Gasteiger partial charge in [0.15, 0.2) is 0 Å². The molecule has 0 radical (unpaired) electrons. The lowest BCUT2D eigenvalue weighted by Gasteiger charge is -2.20. The van der Waals surface area contributed by atoms with Gasteiger partial charge in [-0.05, 0) is 42.7 Å². The van der Waals surface area contributed by atoms with E-state index in [9.17, 15) is 14.7 Å². The van der Waals surface area contributed by atoms with E-state index in [1.807, 2.05) is 56.3 Å². The number of benzene rings is 2. The molecule has 6 heteroatoms. The minimum atomic E-state index is -0.367. The Hall–Kier alpha value is -3.12. The van der Waals surface area contributed by atoms with Gasteiger partial charge in [-0.25, -0.2) is 0 Å². The highest BCUT2D eigenvalue weighted by molar-refractivity contribution is 6.35. The zero-order valence-corrected chi connectivity index (χ0v) is 17.0. The first-order valence-electron chi connectivity index (χ1n) is 9.61. The Labute approximate surface area is 171 Å². The van der Waals surface area contributed by atoms with Gasteiger partial charge in [0.2, 0.25) is 0 Å². The molecule has 1 N–H and O–H groups in total. The summed E-state index contributed by atoms with van der Waals surface area (Å²) in [7, 11) is 1.70. The minimum absolute atomic E-state index is 0.112. The topological polar surface area (TPSA) is 70.1 Å².